The smallest absolute Gasteiger partial charge is 0.344 e. The van der Waals surface area contributed by atoms with Gasteiger partial charge in [0.05, 0.1) is 7.11 Å². The molecule has 0 bridgehead atoms. The van der Waals surface area contributed by atoms with Crippen LogP contribution in [0, 0.1) is 29.1 Å². The predicted molar refractivity (Wildman–Crippen MR) is 131 cm³/mol. The zero-order valence-electron chi connectivity index (χ0n) is 21.1. The SMILES string of the molecule is CCCCC[C@@H](/C=C/C=C\C/C=C\C/C=C\CCCC(=O)OC)OC(=O)c1c(F)c(F)c(F)c(F)c1F. The number of benzene rings is 1. The third-order valence-electron chi connectivity index (χ3n) is 5.19. The van der Waals surface area contributed by atoms with Crippen LogP contribution in [0.3, 0.4) is 0 Å². The number of rotatable bonds is 16. The quantitative estimate of drug-likeness (QED) is 0.0417. The highest BCUT2D eigenvalue weighted by atomic mass is 19.2. The first-order chi connectivity index (χ1) is 17.7. The molecule has 0 amide bonds. The van der Waals surface area contributed by atoms with Gasteiger partial charge in [0.15, 0.2) is 23.3 Å². The average Bonchev–Trinajstić information content (AvgIpc) is 2.88. The Morgan fingerprint density at radius 2 is 1.38 bits per heavy atom. The van der Waals surface area contributed by atoms with Crippen LogP contribution < -0.4 is 0 Å². The maximum atomic E-state index is 13.9. The van der Waals surface area contributed by atoms with E-state index in [1.165, 1.54) is 13.2 Å². The summed E-state index contributed by atoms with van der Waals surface area (Å²) >= 11 is 0. The Bertz CT molecular complexity index is 970. The normalized spacial score (nSPS) is 12.8. The van der Waals surface area contributed by atoms with Gasteiger partial charge in [-0.3, -0.25) is 4.79 Å². The topological polar surface area (TPSA) is 52.6 Å². The summed E-state index contributed by atoms with van der Waals surface area (Å²) in [7, 11) is 1.36. The Balaban J connectivity index is 2.63. The van der Waals surface area contributed by atoms with E-state index in [-0.39, 0.29) is 5.97 Å². The van der Waals surface area contributed by atoms with Crippen molar-refractivity contribution in [2.75, 3.05) is 7.11 Å². The van der Waals surface area contributed by atoms with E-state index >= 15 is 0 Å². The predicted octanol–water partition coefficient (Wildman–Crippen LogP) is 7.84. The number of hydrogen-bond donors (Lipinski definition) is 0. The minimum atomic E-state index is -2.34. The van der Waals surface area contributed by atoms with E-state index in [4.69, 9.17) is 4.74 Å². The lowest BCUT2D eigenvalue weighted by molar-refractivity contribution is -0.140. The van der Waals surface area contributed by atoms with Gasteiger partial charge in [0.1, 0.15) is 11.7 Å². The summed E-state index contributed by atoms with van der Waals surface area (Å²) in [6, 6.07) is 0. The molecular formula is C28H33F5O4. The number of methoxy groups -OCH3 is 1. The zero-order valence-corrected chi connectivity index (χ0v) is 21.1. The Labute approximate surface area is 214 Å². The molecule has 0 spiro atoms. The van der Waals surface area contributed by atoms with E-state index in [1.807, 2.05) is 37.3 Å². The highest BCUT2D eigenvalue weighted by molar-refractivity contribution is 5.90. The Morgan fingerprint density at radius 3 is 2.00 bits per heavy atom. The van der Waals surface area contributed by atoms with Crippen LogP contribution in [0.5, 0.6) is 0 Å². The lowest BCUT2D eigenvalue weighted by Gasteiger charge is -2.15. The largest absolute Gasteiger partial charge is 0.469 e. The molecule has 0 saturated carbocycles. The first-order valence-corrected chi connectivity index (χ1v) is 12.2. The third-order valence-corrected chi connectivity index (χ3v) is 5.19. The van der Waals surface area contributed by atoms with Gasteiger partial charge in [-0.05, 0) is 44.6 Å². The standard InChI is InChI=1S/C28H33F5O4/c1-3-4-14-17-20(37-28(35)22-23(29)25(31)27(33)26(32)24(22)30)18-15-12-10-8-6-5-7-9-11-13-16-19-21(34)36-2/h5-6,9-12,15,18,20H,3-4,7-8,13-14,16-17,19H2,1-2H3/b6-5-,11-9-,12-10-,18-15+/t20-/m0/s1. The number of esters is 2. The van der Waals surface area contributed by atoms with Crippen molar-refractivity contribution in [3.05, 3.63) is 83.3 Å². The van der Waals surface area contributed by atoms with Gasteiger partial charge in [-0.25, -0.2) is 26.7 Å². The molecule has 204 valence electrons. The van der Waals surface area contributed by atoms with Crippen LogP contribution in [0.25, 0.3) is 0 Å². The van der Waals surface area contributed by atoms with Crippen molar-refractivity contribution in [1.82, 2.24) is 0 Å². The number of allylic oxidation sites excluding steroid dienone is 7. The lowest BCUT2D eigenvalue weighted by atomic mass is 10.1. The molecule has 0 heterocycles. The van der Waals surface area contributed by atoms with Gasteiger partial charge < -0.3 is 9.47 Å². The summed E-state index contributed by atoms with van der Waals surface area (Å²) in [5.41, 5.74) is -1.61. The van der Waals surface area contributed by atoms with Crippen molar-refractivity contribution < 1.29 is 41.0 Å². The van der Waals surface area contributed by atoms with Crippen LogP contribution in [0.15, 0.2) is 48.6 Å². The molecule has 0 aliphatic heterocycles. The van der Waals surface area contributed by atoms with Crippen molar-refractivity contribution in [3.63, 3.8) is 0 Å². The number of ether oxygens (including phenoxy) is 2. The molecule has 0 radical (unpaired) electrons. The summed E-state index contributed by atoms with van der Waals surface area (Å²) in [4.78, 5) is 23.3. The van der Waals surface area contributed by atoms with Crippen molar-refractivity contribution >= 4 is 11.9 Å². The molecule has 1 atom stereocenters. The molecule has 0 N–H and O–H groups in total. The van der Waals surface area contributed by atoms with Crippen LogP contribution in [-0.2, 0) is 14.3 Å². The van der Waals surface area contributed by atoms with Crippen LogP contribution in [0.1, 0.15) is 75.1 Å². The Kier molecular flexibility index (Phi) is 15.5. The molecule has 0 aliphatic carbocycles. The molecular weight excluding hydrogens is 495 g/mol. The van der Waals surface area contributed by atoms with E-state index in [0.717, 1.165) is 32.1 Å². The zero-order chi connectivity index (χ0) is 27.6. The maximum Gasteiger partial charge on any atom is 0.344 e. The van der Waals surface area contributed by atoms with Gasteiger partial charge in [0.2, 0.25) is 5.82 Å². The molecule has 1 aromatic rings. The van der Waals surface area contributed by atoms with E-state index in [2.05, 4.69) is 4.74 Å². The van der Waals surface area contributed by atoms with Gasteiger partial charge in [0, 0.05) is 6.42 Å². The summed E-state index contributed by atoms with van der Waals surface area (Å²) < 4.78 is 77.6. The van der Waals surface area contributed by atoms with Crippen molar-refractivity contribution in [2.24, 2.45) is 0 Å². The molecule has 0 unspecified atom stereocenters. The summed E-state index contributed by atoms with van der Waals surface area (Å²) in [6.45, 7) is 1.96. The number of carbonyl (C=O) groups excluding carboxylic acids is 2. The number of hydrogen-bond acceptors (Lipinski definition) is 4. The lowest BCUT2D eigenvalue weighted by Crippen LogP contribution is -2.20. The van der Waals surface area contributed by atoms with Gasteiger partial charge >= 0.3 is 11.9 Å². The minimum absolute atomic E-state index is 0.221. The number of unbranched alkanes of at least 4 members (excludes halogenated alkanes) is 3. The van der Waals surface area contributed by atoms with E-state index in [0.29, 0.717) is 25.7 Å². The molecule has 0 saturated heterocycles. The van der Waals surface area contributed by atoms with Gasteiger partial charge in [-0.2, -0.15) is 0 Å². The second-order valence-electron chi connectivity index (χ2n) is 8.08. The fourth-order valence-corrected chi connectivity index (χ4v) is 3.15. The fourth-order valence-electron chi connectivity index (χ4n) is 3.15. The van der Waals surface area contributed by atoms with E-state index in [9.17, 15) is 31.5 Å². The minimum Gasteiger partial charge on any atom is -0.469 e. The summed E-state index contributed by atoms with van der Waals surface area (Å²) in [5, 5.41) is 0. The van der Waals surface area contributed by atoms with Gasteiger partial charge in [0.25, 0.3) is 0 Å². The van der Waals surface area contributed by atoms with Crippen LogP contribution in [-0.4, -0.2) is 25.2 Å². The van der Waals surface area contributed by atoms with Crippen molar-refractivity contribution in [3.8, 4) is 0 Å². The van der Waals surface area contributed by atoms with Gasteiger partial charge in [-0.1, -0.05) is 62.3 Å². The van der Waals surface area contributed by atoms with Crippen LogP contribution in [0.4, 0.5) is 22.0 Å². The molecule has 0 fully saturated rings. The van der Waals surface area contributed by atoms with Crippen molar-refractivity contribution in [2.45, 2.75) is 70.8 Å². The molecule has 1 aromatic carbocycles. The number of carbonyl (C=O) groups is 2. The number of halogens is 5. The summed E-state index contributed by atoms with van der Waals surface area (Å²) in [6.07, 6.45) is 19.6. The second kappa shape index (κ2) is 18.1. The average molecular weight is 529 g/mol. The van der Waals surface area contributed by atoms with E-state index < -0.39 is 46.7 Å². The van der Waals surface area contributed by atoms with Crippen LogP contribution >= 0.6 is 0 Å². The first kappa shape index (κ1) is 31.8. The fraction of sp³-hybridized carbons (Fsp3) is 0.429. The molecule has 0 aliphatic rings. The van der Waals surface area contributed by atoms with Crippen LogP contribution in [0.2, 0.25) is 0 Å². The molecule has 1 rings (SSSR count). The summed E-state index contributed by atoms with van der Waals surface area (Å²) in [5.74, 6) is -13.0. The molecule has 0 aromatic heterocycles. The Hall–Kier alpha value is -3.23. The second-order valence-corrected chi connectivity index (χ2v) is 8.08. The molecule has 9 heteroatoms. The Morgan fingerprint density at radius 1 is 0.784 bits per heavy atom. The van der Waals surface area contributed by atoms with E-state index in [1.54, 1.807) is 12.2 Å². The first-order valence-electron chi connectivity index (χ1n) is 12.2. The maximum absolute atomic E-state index is 13.9. The highest BCUT2D eigenvalue weighted by Gasteiger charge is 2.31. The van der Waals surface area contributed by atoms with Gasteiger partial charge in [-0.15, -0.1) is 0 Å². The van der Waals surface area contributed by atoms with Crippen molar-refractivity contribution in [1.29, 1.82) is 0 Å². The third kappa shape index (κ3) is 11.6. The molecule has 37 heavy (non-hydrogen) atoms. The molecule has 4 nitrogen and oxygen atoms in total. The highest BCUT2D eigenvalue weighted by Crippen LogP contribution is 2.24. The monoisotopic (exact) mass is 528 g/mol.